The number of nitrogens with zero attached hydrogens (tertiary/aromatic N) is 3. The summed E-state index contributed by atoms with van der Waals surface area (Å²) in [5.41, 5.74) is 2.46. The number of fused-ring (bicyclic) bond motifs is 1. The van der Waals surface area contributed by atoms with Gasteiger partial charge in [-0.15, -0.1) is 0 Å². The van der Waals surface area contributed by atoms with E-state index in [1.807, 2.05) is 12.1 Å². The van der Waals surface area contributed by atoms with Gasteiger partial charge in [0, 0.05) is 23.4 Å². The van der Waals surface area contributed by atoms with Crippen LogP contribution in [-0.2, 0) is 25.6 Å². The van der Waals surface area contributed by atoms with E-state index in [9.17, 15) is 22.8 Å². The van der Waals surface area contributed by atoms with Crippen molar-refractivity contribution < 1.29 is 22.8 Å². The number of amides is 1. The lowest BCUT2D eigenvalue weighted by atomic mass is 10.0. The smallest absolute Gasteiger partial charge is 0.305 e. The van der Waals surface area contributed by atoms with E-state index >= 15 is 0 Å². The Kier molecular flexibility index (Phi) is 5.15. The van der Waals surface area contributed by atoms with Gasteiger partial charge in [0.25, 0.3) is 5.91 Å². The van der Waals surface area contributed by atoms with Crippen molar-refractivity contribution in [2.45, 2.75) is 25.6 Å². The molecule has 2 aromatic carbocycles. The summed E-state index contributed by atoms with van der Waals surface area (Å²) in [5.74, 6) is -0.282. The summed E-state index contributed by atoms with van der Waals surface area (Å²) in [5, 5.41) is 4.29. The van der Waals surface area contributed by atoms with Crippen molar-refractivity contribution in [2.24, 2.45) is 0 Å². The average molecular weight is 413 g/mol. The van der Waals surface area contributed by atoms with Crippen LogP contribution < -0.4 is 4.90 Å². The van der Waals surface area contributed by atoms with Crippen LogP contribution in [0.5, 0.6) is 0 Å². The van der Waals surface area contributed by atoms with Crippen molar-refractivity contribution in [2.75, 3.05) is 11.4 Å². The van der Waals surface area contributed by atoms with Gasteiger partial charge < -0.3 is 4.90 Å². The first-order chi connectivity index (χ1) is 14.4. The molecule has 3 aromatic rings. The van der Waals surface area contributed by atoms with Gasteiger partial charge in [-0.1, -0.05) is 18.2 Å². The number of rotatable bonds is 5. The van der Waals surface area contributed by atoms with Gasteiger partial charge in [0.2, 0.25) is 0 Å². The van der Waals surface area contributed by atoms with Crippen LogP contribution in [0.15, 0.2) is 54.7 Å². The minimum Gasteiger partial charge on any atom is -0.305 e. The summed E-state index contributed by atoms with van der Waals surface area (Å²) >= 11 is 0. The van der Waals surface area contributed by atoms with Gasteiger partial charge in [0.15, 0.2) is 0 Å². The molecule has 1 amide bonds. The molecule has 4 rings (SSSR count). The van der Waals surface area contributed by atoms with Crippen molar-refractivity contribution in [1.82, 2.24) is 9.78 Å². The van der Waals surface area contributed by atoms with Crippen LogP contribution >= 0.6 is 0 Å². The molecule has 1 aliphatic rings. The fraction of sp³-hybridized carbons (Fsp3) is 0.227. The van der Waals surface area contributed by atoms with Crippen LogP contribution in [0.1, 0.15) is 37.5 Å². The lowest BCUT2D eigenvalue weighted by molar-refractivity contribution is -0.137. The summed E-state index contributed by atoms with van der Waals surface area (Å²) < 4.78 is 40.1. The second-order valence-corrected chi connectivity index (χ2v) is 7.11. The molecular weight excluding hydrogens is 395 g/mol. The third kappa shape index (κ3) is 3.85. The third-order valence-electron chi connectivity index (χ3n) is 5.17. The van der Waals surface area contributed by atoms with Crippen molar-refractivity contribution >= 4 is 17.9 Å². The first-order valence-corrected chi connectivity index (χ1v) is 9.45. The van der Waals surface area contributed by atoms with Crippen LogP contribution in [0.3, 0.4) is 0 Å². The van der Waals surface area contributed by atoms with Crippen molar-refractivity contribution in [3.8, 4) is 0 Å². The highest BCUT2D eigenvalue weighted by molar-refractivity contribution is 6.06. The molecule has 0 bridgehead atoms. The summed E-state index contributed by atoms with van der Waals surface area (Å²) in [6.45, 7) is 0.794. The number of carbonyl (C=O) groups is 2. The lowest BCUT2D eigenvalue weighted by Crippen LogP contribution is -2.41. The Morgan fingerprint density at radius 3 is 2.50 bits per heavy atom. The number of halogens is 3. The zero-order valence-corrected chi connectivity index (χ0v) is 15.9. The van der Waals surface area contributed by atoms with E-state index in [0.717, 1.165) is 29.5 Å². The highest BCUT2D eigenvalue weighted by atomic mass is 19.4. The van der Waals surface area contributed by atoms with Crippen LogP contribution in [0.25, 0.3) is 0 Å². The minimum atomic E-state index is -4.42. The maximum absolute atomic E-state index is 13.1. The third-order valence-corrected chi connectivity index (χ3v) is 5.17. The fourth-order valence-corrected chi connectivity index (χ4v) is 3.63. The molecule has 0 unspecified atom stereocenters. The first kappa shape index (κ1) is 19.9. The second kappa shape index (κ2) is 7.78. The van der Waals surface area contributed by atoms with Crippen LogP contribution in [0.2, 0.25) is 0 Å². The van der Waals surface area contributed by atoms with Gasteiger partial charge in [0.1, 0.15) is 12.0 Å². The highest BCUT2D eigenvalue weighted by Gasteiger charge is 2.32. The van der Waals surface area contributed by atoms with E-state index in [1.165, 1.54) is 17.0 Å². The van der Waals surface area contributed by atoms with E-state index in [0.29, 0.717) is 42.9 Å². The second-order valence-electron chi connectivity index (χ2n) is 7.11. The van der Waals surface area contributed by atoms with Crippen LogP contribution in [0.4, 0.5) is 18.9 Å². The van der Waals surface area contributed by atoms with Crippen LogP contribution in [-0.4, -0.2) is 28.5 Å². The maximum atomic E-state index is 13.1. The summed E-state index contributed by atoms with van der Waals surface area (Å²) in [7, 11) is 0. The van der Waals surface area contributed by atoms with Gasteiger partial charge in [-0.05, 0) is 48.7 Å². The Hall–Kier alpha value is -3.42. The molecular formula is C22H18F3N3O2. The maximum Gasteiger partial charge on any atom is 0.416 e. The summed E-state index contributed by atoms with van der Waals surface area (Å²) in [4.78, 5) is 25.5. The number of benzene rings is 2. The number of alkyl halides is 3. The largest absolute Gasteiger partial charge is 0.416 e. The van der Waals surface area contributed by atoms with Gasteiger partial charge >= 0.3 is 6.18 Å². The number of aryl methyl sites for hydroxylation is 2. The number of hydrogen-bond acceptors (Lipinski definition) is 3. The van der Waals surface area contributed by atoms with E-state index in [1.54, 1.807) is 23.0 Å². The molecule has 2 heterocycles. The van der Waals surface area contributed by atoms with Crippen molar-refractivity contribution in [3.05, 3.63) is 82.7 Å². The molecule has 0 radical (unpaired) electrons. The van der Waals surface area contributed by atoms with Gasteiger partial charge in [-0.25, -0.2) is 0 Å². The van der Waals surface area contributed by atoms with Crippen molar-refractivity contribution in [3.63, 3.8) is 0 Å². The number of anilines is 1. The lowest BCUT2D eigenvalue weighted by Gasteiger charge is -2.28. The number of aldehydes is 1. The zero-order valence-electron chi connectivity index (χ0n) is 15.9. The molecule has 0 N–H and O–H groups in total. The molecule has 8 heteroatoms. The topological polar surface area (TPSA) is 55.2 Å². The van der Waals surface area contributed by atoms with Crippen molar-refractivity contribution in [1.29, 1.82) is 0 Å². The molecule has 0 spiro atoms. The van der Waals surface area contributed by atoms with E-state index in [-0.39, 0.29) is 5.91 Å². The monoisotopic (exact) mass is 413 g/mol. The molecule has 154 valence electrons. The van der Waals surface area contributed by atoms with Crippen LogP contribution in [0, 0.1) is 0 Å². The minimum absolute atomic E-state index is 0.282. The predicted octanol–water partition coefficient (Wildman–Crippen LogP) is 4.16. The normalized spacial score (nSPS) is 14.0. The molecule has 5 nitrogen and oxygen atoms in total. The Morgan fingerprint density at radius 1 is 1.03 bits per heavy atom. The first-order valence-electron chi connectivity index (χ1n) is 9.45. The number of carbonyl (C=O) groups excluding carboxylic acids is 2. The Labute approximate surface area is 170 Å². The SMILES string of the molecule is O=Cc1cccc(CCc2cnn3c2C(=O)N(c2ccc(C(F)(F)F)cc2)CC3)c1. The van der Waals surface area contributed by atoms with Gasteiger partial charge in [-0.2, -0.15) is 18.3 Å². The number of aromatic nitrogens is 2. The van der Waals surface area contributed by atoms with Gasteiger partial charge in [0.05, 0.1) is 18.3 Å². The Morgan fingerprint density at radius 2 is 1.80 bits per heavy atom. The summed E-state index contributed by atoms with van der Waals surface area (Å²) in [6, 6.07) is 11.9. The fourth-order valence-electron chi connectivity index (χ4n) is 3.63. The Bertz CT molecular complexity index is 1090. The molecule has 1 aliphatic heterocycles. The molecule has 0 aliphatic carbocycles. The van der Waals surface area contributed by atoms with Gasteiger partial charge in [-0.3, -0.25) is 14.3 Å². The number of hydrogen-bond donors (Lipinski definition) is 0. The molecule has 0 saturated carbocycles. The Balaban J connectivity index is 1.54. The van der Waals surface area contributed by atoms with E-state index < -0.39 is 11.7 Å². The molecule has 30 heavy (non-hydrogen) atoms. The van der Waals surface area contributed by atoms with E-state index in [2.05, 4.69) is 5.10 Å². The molecule has 0 fully saturated rings. The quantitative estimate of drug-likeness (QED) is 0.591. The average Bonchev–Trinajstić information content (AvgIpc) is 3.16. The van der Waals surface area contributed by atoms with E-state index in [4.69, 9.17) is 0 Å². The predicted molar refractivity (Wildman–Crippen MR) is 105 cm³/mol. The summed E-state index contributed by atoms with van der Waals surface area (Å²) in [6.07, 6.45) is -0.778. The molecule has 0 saturated heterocycles. The zero-order chi connectivity index (χ0) is 21.3. The highest BCUT2D eigenvalue weighted by Crippen LogP contribution is 2.31. The molecule has 0 atom stereocenters. The standard InChI is InChI=1S/C22H18F3N3O2/c23-22(24,25)18-6-8-19(9-7-18)27-10-11-28-20(21(27)30)17(13-26-28)5-4-15-2-1-3-16(12-15)14-29/h1-3,6-9,12-14H,4-5,10-11H2. The molecule has 1 aromatic heterocycles.